The summed E-state index contributed by atoms with van der Waals surface area (Å²) in [6, 6.07) is -1.50. The lowest BCUT2D eigenvalue weighted by atomic mass is 10.2. The van der Waals surface area contributed by atoms with Gasteiger partial charge in [0.25, 0.3) is 0 Å². The highest BCUT2D eigenvalue weighted by Crippen LogP contribution is 2.12. The molecule has 0 saturated heterocycles. The highest BCUT2D eigenvalue weighted by atomic mass is 35.5. The number of carboxylic acids is 2. The van der Waals surface area contributed by atoms with Gasteiger partial charge in [-0.15, -0.1) is 0 Å². The van der Waals surface area contributed by atoms with E-state index in [9.17, 15) is 9.59 Å². The molecule has 1 heterocycles. The highest BCUT2D eigenvalue weighted by Gasteiger charge is 2.22. The minimum absolute atomic E-state index is 0.114. The van der Waals surface area contributed by atoms with Gasteiger partial charge in [0.15, 0.2) is 0 Å². The van der Waals surface area contributed by atoms with E-state index in [1.807, 2.05) is 0 Å². The Hall–Kier alpha value is -2.16. The summed E-state index contributed by atoms with van der Waals surface area (Å²) >= 11 is 5.55. The van der Waals surface area contributed by atoms with Gasteiger partial charge >= 0.3 is 17.9 Å². The van der Waals surface area contributed by atoms with E-state index in [0.29, 0.717) is 0 Å². The van der Waals surface area contributed by atoms with Crippen molar-refractivity contribution >= 4 is 29.5 Å². The van der Waals surface area contributed by atoms with Crippen molar-refractivity contribution in [3.8, 4) is 6.01 Å². The number of methoxy groups -OCH3 is 1. The quantitative estimate of drug-likeness (QED) is 0.649. The van der Waals surface area contributed by atoms with E-state index in [2.05, 4.69) is 20.3 Å². The molecule has 1 aromatic rings. The van der Waals surface area contributed by atoms with Gasteiger partial charge in [0.1, 0.15) is 6.04 Å². The molecule has 3 N–H and O–H groups in total. The molecular formula is C8H9ClN4O5. The van der Waals surface area contributed by atoms with Crippen molar-refractivity contribution in [2.45, 2.75) is 12.5 Å². The number of carboxylic acid groups (broad SMARTS) is 2. The van der Waals surface area contributed by atoms with Gasteiger partial charge in [0.05, 0.1) is 13.5 Å². The van der Waals surface area contributed by atoms with Gasteiger partial charge in [0, 0.05) is 0 Å². The molecule has 0 saturated carbocycles. The summed E-state index contributed by atoms with van der Waals surface area (Å²) in [7, 11) is 1.29. The second-order valence-corrected chi connectivity index (χ2v) is 3.39. The van der Waals surface area contributed by atoms with Crippen LogP contribution in [0.25, 0.3) is 0 Å². The van der Waals surface area contributed by atoms with Gasteiger partial charge in [-0.3, -0.25) is 4.79 Å². The molecule has 0 radical (unpaired) electrons. The molecule has 18 heavy (non-hydrogen) atoms. The molecule has 1 atom stereocenters. The first-order valence-corrected chi connectivity index (χ1v) is 4.97. The lowest BCUT2D eigenvalue weighted by Crippen LogP contribution is -2.32. The van der Waals surface area contributed by atoms with Crippen LogP contribution in [0.1, 0.15) is 6.42 Å². The number of aliphatic carboxylic acids is 2. The van der Waals surface area contributed by atoms with Crippen molar-refractivity contribution in [1.29, 1.82) is 0 Å². The third-order valence-electron chi connectivity index (χ3n) is 1.75. The topological polar surface area (TPSA) is 135 Å². The first kappa shape index (κ1) is 13.9. The molecule has 1 rings (SSSR count). The lowest BCUT2D eigenvalue weighted by molar-refractivity contribution is -0.144. The van der Waals surface area contributed by atoms with Crippen LogP contribution in [-0.4, -0.2) is 50.3 Å². The third kappa shape index (κ3) is 4.01. The number of hydrogen-bond acceptors (Lipinski definition) is 7. The second kappa shape index (κ2) is 5.96. The lowest BCUT2D eigenvalue weighted by Gasteiger charge is -2.12. The number of nitrogens with one attached hydrogen (secondary N) is 1. The van der Waals surface area contributed by atoms with Crippen LogP contribution in [-0.2, 0) is 9.59 Å². The summed E-state index contributed by atoms with van der Waals surface area (Å²) < 4.78 is 4.71. The monoisotopic (exact) mass is 276 g/mol. The molecule has 0 aromatic carbocycles. The van der Waals surface area contributed by atoms with Crippen LogP contribution in [0.2, 0.25) is 5.28 Å². The van der Waals surface area contributed by atoms with Gasteiger partial charge in [-0.2, -0.15) is 15.0 Å². The predicted octanol–water partition coefficient (Wildman–Crippen LogP) is -0.127. The average Bonchev–Trinajstić information content (AvgIpc) is 2.26. The molecule has 1 aromatic heterocycles. The van der Waals surface area contributed by atoms with Crippen molar-refractivity contribution in [3.63, 3.8) is 0 Å². The van der Waals surface area contributed by atoms with E-state index >= 15 is 0 Å². The van der Waals surface area contributed by atoms with Gasteiger partial charge in [0.2, 0.25) is 11.2 Å². The van der Waals surface area contributed by atoms with E-state index in [1.165, 1.54) is 7.11 Å². The van der Waals surface area contributed by atoms with Gasteiger partial charge in [-0.25, -0.2) is 4.79 Å². The van der Waals surface area contributed by atoms with Crippen molar-refractivity contribution in [2.24, 2.45) is 0 Å². The summed E-state index contributed by atoms with van der Waals surface area (Å²) in [4.78, 5) is 32.2. The zero-order valence-corrected chi connectivity index (χ0v) is 9.88. The Morgan fingerprint density at radius 1 is 1.39 bits per heavy atom. The third-order valence-corrected chi connectivity index (χ3v) is 1.92. The number of rotatable bonds is 6. The highest BCUT2D eigenvalue weighted by molar-refractivity contribution is 6.28. The van der Waals surface area contributed by atoms with Gasteiger partial charge in [-0.1, -0.05) is 0 Å². The Bertz CT molecular complexity index is 469. The van der Waals surface area contributed by atoms with E-state index in [4.69, 9.17) is 26.6 Å². The number of aromatic nitrogens is 3. The number of anilines is 1. The number of halogens is 1. The molecule has 0 aliphatic heterocycles. The number of ether oxygens (including phenoxy) is 1. The van der Waals surface area contributed by atoms with E-state index in [-0.39, 0.29) is 17.2 Å². The maximum Gasteiger partial charge on any atom is 0.326 e. The fraction of sp³-hybridized carbons (Fsp3) is 0.375. The molecule has 10 heteroatoms. The van der Waals surface area contributed by atoms with Crippen molar-refractivity contribution in [3.05, 3.63) is 5.28 Å². The molecule has 0 amide bonds. The Morgan fingerprint density at radius 3 is 2.56 bits per heavy atom. The van der Waals surface area contributed by atoms with Crippen LogP contribution in [0.4, 0.5) is 5.95 Å². The normalized spacial score (nSPS) is 11.7. The molecule has 1 unspecified atom stereocenters. The average molecular weight is 277 g/mol. The first-order valence-electron chi connectivity index (χ1n) is 4.59. The molecule has 0 aliphatic rings. The zero-order valence-electron chi connectivity index (χ0n) is 9.12. The summed E-state index contributed by atoms with van der Waals surface area (Å²) in [6.45, 7) is 0. The Balaban J connectivity index is 2.89. The number of nitrogens with zero attached hydrogens (tertiary/aromatic N) is 3. The fourth-order valence-corrected chi connectivity index (χ4v) is 1.17. The van der Waals surface area contributed by atoms with Crippen molar-refractivity contribution in [2.75, 3.05) is 12.4 Å². The maximum absolute atomic E-state index is 10.8. The SMILES string of the molecule is COc1nc(Cl)nc(NC(CC(=O)O)C(=O)O)n1. The zero-order chi connectivity index (χ0) is 13.7. The molecule has 9 nitrogen and oxygen atoms in total. The smallest absolute Gasteiger partial charge is 0.326 e. The molecular weight excluding hydrogens is 268 g/mol. The molecule has 0 spiro atoms. The van der Waals surface area contributed by atoms with Gasteiger partial charge < -0.3 is 20.3 Å². The van der Waals surface area contributed by atoms with Crippen LogP contribution >= 0.6 is 11.6 Å². The van der Waals surface area contributed by atoms with E-state index in [1.54, 1.807) is 0 Å². The first-order chi connectivity index (χ1) is 8.42. The van der Waals surface area contributed by atoms with Gasteiger partial charge in [-0.05, 0) is 11.6 Å². The van der Waals surface area contributed by atoms with Crippen molar-refractivity contribution in [1.82, 2.24) is 15.0 Å². The standard InChI is InChI=1S/C8H9ClN4O5/c1-18-8-12-6(9)11-7(13-8)10-3(5(16)17)2-4(14)15/h3H,2H2,1H3,(H,14,15)(H,16,17)(H,10,11,12,13). The minimum atomic E-state index is -1.38. The van der Waals surface area contributed by atoms with Crippen LogP contribution < -0.4 is 10.1 Å². The summed E-state index contributed by atoms with van der Waals surface area (Å²) in [5.74, 6) is -2.81. The minimum Gasteiger partial charge on any atom is -0.481 e. The number of carbonyl (C=O) groups is 2. The molecule has 0 bridgehead atoms. The summed E-state index contributed by atoms with van der Waals surface area (Å²) in [5.41, 5.74) is 0. The molecule has 0 fully saturated rings. The Labute approximate surface area is 106 Å². The predicted molar refractivity (Wildman–Crippen MR) is 58.7 cm³/mol. The van der Waals surface area contributed by atoms with Crippen LogP contribution in [0.3, 0.4) is 0 Å². The van der Waals surface area contributed by atoms with Crippen molar-refractivity contribution < 1.29 is 24.5 Å². The molecule has 0 aliphatic carbocycles. The molecule has 98 valence electrons. The van der Waals surface area contributed by atoms with Crippen LogP contribution in [0.15, 0.2) is 0 Å². The number of hydrogen-bond donors (Lipinski definition) is 3. The second-order valence-electron chi connectivity index (χ2n) is 3.05. The summed E-state index contributed by atoms with van der Waals surface area (Å²) in [5, 5.41) is 19.5. The van der Waals surface area contributed by atoms with E-state index in [0.717, 1.165) is 0 Å². The Kier molecular flexibility index (Phi) is 4.60. The van der Waals surface area contributed by atoms with Crippen LogP contribution in [0, 0.1) is 0 Å². The summed E-state index contributed by atoms with van der Waals surface area (Å²) in [6.07, 6.45) is -0.638. The van der Waals surface area contributed by atoms with Crippen LogP contribution in [0.5, 0.6) is 6.01 Å². The Morgan fingerprint density at radius 2 is 2.06 bits per heavy atom. The fourth-order valence-electron chi connectivity index (χ4n) is 1.02. The maximum atomic E-state index is 10.8. The van der Waals surface area contributed by atoms with E-state index < -0.39 is 24.4 Å². The largest absolute Gasteiger partial charge is 0.481 e.